The van der Waals surface area contributed by atoms with Crippen molar-refractivity contribution in [2.75, 3.05) is 6.26 Å². The number of nitrogens with one attached hydrogen (secondary N) is 1. The van der Waals surface area contributed by atoms with Gasteiger partial charge < -0.3 is 15.2 Å². The highest BCUT2D eigenvalue weighted by Gasteiger charge is 2.06. The summed E-state index contributed by atoms with van der Waals surface area (Å²) in [5.41, 5.74) is 1.12. The minimum atomic E-state index is -0.132. The molecule has 0 aromatic carbocycles. The Morgan fingerprint density at radius 1 is 1.45 bits per heavy atom. The van der Waals surface area contributed by atoms with E-state index in [-0.39, 0.29) is 13.2 Å². The highest BCUT2D eigenvalue weighted by molar-refractivity contribution is 7.98. The maximum absolute atomic E-state index is 8.77. The molecule has 0 saturated heterocycles. The van der Waals surface area contributed by atoms with Gasteiger partial charge in [0.15, 0.2) is 5.16 Å². The molecule has 0 radical (unpaired) electrons. The van der Waals surface area contributed by atoms with E-state index in [0.29, 0.717) is 11.4 Å². The zero-order valence-electron chi connectivity index (χ0n) is 6.16. The van der Waals surface area contributed by atoms with Gasteiger partial charge in [0.2, 0.25) is 0 Å². The Bertz CT molecular complexity index is 215. The molecule has 0 spiro atoms. The van der Waals surface area contributed by atoms with Gasteiger partial charge in [-0.05, 0) is 6.26 Å². The van der Waals surface area contributed by atoms with Crippen molar-refractivity contribution in [3.8, 4) is 0 Å². The monoisotopic (exact) mass is 174 g/mol. The third-order valence-electron chi connectivity index (χ3n) is 1.34. The van der Waals surface area contributed by atoms with Crippen LogP contribution >= 0.6 is 11.8 Å². The summed E-state index contributed by atoms with van der Waals surface area (Å²) in [5.74, 6) is 0. The van der Waals surface area contributed by atoms with Gasteiger partial charge in [0.25, 0.3) is 0 Å². The van der Waals surface area contributed by atoms with Crippen molar-refractivity contribution in [3.05, 3.63) is 11.4 Å². The van der Waals surface area contributed by atoms with E-state index in [4.69, 9.17) is 10.2 Å². The van der Waals surface area contributed by atoms with Crippen molar-refractivity contribution >= 4 is 11.8 Å². The topological polar surface area (TPSA) is 69.1 Å². The molecule has 0 amide bonds. The molecular weight excluding hydrogens is 164 g/mol. The van der Waals surface area contributed by atoms with Gasteiger partial charge in [0.1, 0.15) is 0 Å². The second kappa shape index (κ2) is 3.75. The van der Waals surface area contributed by atoms with E-state index in [2.05, 4.69) is 9.97 Å². The lowest BCUT2D eigenvalue weighted by atomic mass is 10.3. The molecule has 5 heteroatoms. The lowest BCUT2D eigenvalue weighted by Gasteiger charge is -1.90. The van der Waals surface area contributed by atoms with E-state index in [1.54, 1.807) is 0 Å². The van der Waals surface area contributed by atoms with Crippen molar-refractivity contribution in [1.82, 2.24) is 9.97 Å². The summed E-state index contributed by atoms with van der Waals surface area (Å²) in [6.45, 7) is -0.240. The molecule has 1 aromatic heterocycles. The number of aliphatic hydroxyl groups is 2. The quantitative estimate of drug-likeness (QED) is 0.569. The van der Waals surface area contributed by atoms with Crippen LogP contribution in [0.15, 0.2) is 5.16 Å². The molecule has 0 bridgehead atoms. The van der Waals surface area contributed by atoms with Crippen LogP contribution in [0.2, 0.25) is 0 Å². The molecular formula is C6H10N2O2S. The minimum Gasteiger partial charge on any atom is -0.390 e. The van der Waals surface area contributed by atoms with Crippen molar-refractivity contribution in [2.45, 2.75) is 18.4 Å². The molecule has 0 aliphatic carbocycles. The van der Waals surface area contributed by atoms with Gasteiger partial charge in [-0.25, -0.2) is 4.98 Å². The first-order valence-corrected chi connectivity index (χ1v) is 4.37. The molecule has 62 valence electrons. The SMILES string of the molecule is CSc1nc(CO)c(CO)[nH]1. The Morgan fingerprint density at radius 3 is 2.55 bits per heavy atom. The Morgan fingerprint density at radius 2 is 2.18 bits per heavy atom. The van der Waals surface area contributed by atoms with Crippen LogP contribution in [0.25, 0.3) is 0 Å². The summed E-state index contributed by atoms with van der Waals surface area (Å²) < 4.78 is 0. The first kappa shape index (κ1) is 8.58. The zero-order chi connectivity index (χ0) is 8.27. The Balaban J connectivity index is 2.92. The molecule has 1 heterocycles. The fraction of sp³-hybridized carbons (Fsp3) is 0.500. The van der Waals surface area contributed by atoms with Gasteiger partial charge in [-0.1, -0.05) is 11.8 Å². The molecule has 1 rings (SSSR count). The van der Waals surface area contributed by atoms with Gasteiger partial charge in [0, 0.05) is 0 Å². The normalized spacial score (nSPS) is 10.5. The van der Waals surface area contributed by atoms with Crippen molar-refractivity contribution in [2.24, 2.45) is 0 Å². The molecule has 3 N–H and O–H groups in total. The summed E-state index contributed by atoms with van der Waals surface area (Å²) in [4.78, 5) is 6.89. The highest BCUT2D eigenvalue weighted by Crippen LogP contribution is 2.13. The summed E-state index contributed by atoms with van der Waals surface area (Å²) in [6, 6.07) is 0. The fourth-order valence-corrected chi connectivity index (χ4v) is 1.20. The van der Waals surface area contributed by atoms with Crippen LogP contribution in [0.1, 0.15) is 11.4 Å². The van der Waals surface area contributed by atoms with Crippen LogP contribution in [0.3, 0.4) is 0 Å². The third kappa shape index (κ3) is 1.74. The second-order valence-electron chi connectivity index (χ2n) is 1.99. The van der Waals surface area contributed by atoms with E-state index in [1.807, 2.05) is 6.26 Å². The largest absolute Gasteiger partial charge is 0.390 e. The highest BCUT2D eigenvalue weighted by atomic mass is 32.2. The predicted octanol–water partition coefficient (Wildman–Crippen LogP) is 0.116. The van der Waals surface area contributed by atoms with Gasteiger partial charge in [0.05, 0.1) is 24.6 Å². The molecule has 0 unspecified atom stereocenters. The Kier molecular flexibility index (Phi) is 2.92. The van der Waals surface area contributed by atoms with Crippen LogP contribution in [-0.2, 0) is 13.2 Å². The molecule has 11 heavy (non-hydrogen) atoms. The van der Waals surface area contributed by atoms with Gasteiger partial charge in [-0.15, -0.1) is 0 Å². The molecule has 4 nitrogen and oxygen atoms in total. The summed E-state index contributed by atoms with van der Waals surface area (Å²) in [5, 5.41) is 18.2. The fourth-order valence-electron chi connectivity index (χ4n) is 0.777. The smallest absolute Gasteiger partial charge is 0.165 e. The first-order valence-electron chi connectivity index (χ1n) is 3.15. The van der Waals surface area contributed by atoms with Gasteiger partial charge >= 0.3 is 0 Å². The second-order valence-corrected chi connectivity index (χ2v) is 2.78. The summed E-state index contributed by atoms with van der Waals surface area (Å²) >= 11 is 1.45. The maximum atomic E-state index is 8.77. The molecule has 0 saturated carbocycles. The number of aromatic amines is 1. The van der Waals surface area contributed by atoms with E-state index >= 15 is 0 Å². The van der Waals surface area contributed by atoms with Crippen LogP contribution in [0.4, 0.5) is 0 Å². The van der Waals surface area contributed by atoms with Gasteiger partial charge in [-0.3, -0.25) is 0 Å². The number of rotatable bonds is 3. The maximum Gasteiger partial charge on any atom is 0.165 e. The average molecular weight is 174 g/mol. The van der Waals surface area contributed by atoms with Crippen molar-refractivity contribution < 1.29 is 10.2 Å². The standard InChI is InChI=1S/C6H10N2O2S/c1-11-6-7-4(2-9)5(3-10)8-6/h9-10H,2-3H2,1H3,(H,7,8). The summed E-state index contributed by atoms with van der Waals surface area (Å²) in [7, 11) is 0. The van der Waals surface area contributed by atoms with E-state index < -0.39 is 0 Å². The molecule has 0 fully saturated rings. The summed E-state index contributed by atoms with van der Waals surface area (Å²) in [6.07, 6.45) is 1.88. The van der Waals surface area contributed by atoms with Crippen LogP contribution < -0.4 is 0 Å². The molecule has 0 aliphatic heterocycles. The van der Waals surface area contributed by atoms with Crippen molar-refractivity contribution in [3.63, 3.8) is 0 Å². The predicted molar refractivity (Wildman–Crippen MR) is 42.2 cm³/mol. The molecule has 0 atom stereocenters. The zero-order valence-corrected chi connectivity index (χ0v) is 6.98. The van der Waals surface area contributed by atoms with Crippen molar-refractivity contribution in [1.29, 1.82) is 0 Å². The van der Waals surface area contributed by atoms with Crippen LogP contribution in [0, 0.1) is 0 Å². The number of aliphatic hydroxyl groups excluding tert-OH is 2. The minimum absolute atomic E-state index is 0.108. The van der Waals surface area contributed by atoms with E-state index in [0.717, 1.165) is 5.16 Å². The lowest BCUT2D eigenvalue weighted by molar-refractivity contribution is 0.255. The number of aromatic nitrogens is 2. The van der Waals surface area contributed by atoms with E-state index in [1.165, 1.54) is 11.8 Å². The lowest BCUT2D eigenvalue weighted by Crippen LogP contribution is -1.91. The van der Waals surface area contributed by atoms with Crippen LogP contribution in [-0.4, -0.2) is 26.4 Å². The average Bonchev–Trinajstić information content (AvgIpc) is 2.46. The number of imidazole rings is 1. The Hall–Kier alpha value is -0.520. The number of hydrogen-bond donors (Lipinski definition) is 3. The Labute approximate surface area is 68.7 Å². The number of thioether (sulfide) groups is 1. The number of nitrogens with zero attached hydrogens (tertiary/aromatic N) is 1. The van der Waals surface area contributed by atoms with E-state index in [9.17, 15) is 0 Å². The van der Waals surface area contributed by atoms with Gasteiger partial charge in [-0.2, -0.15) is 0 Å². The first-order chi connectivity index (χ1) is 5.31. The van der Waals surface area contributed by atoms with Crippen LogP contribution in [0.5, 0.6) is 0 Å². The number of hydrogen-bond acceptors (Lipinski definition) is 4. The molecule has 1 aromatic rings. The molecule has 0 aliphatic rings. The number of H-pyrrole nitrogens is 1. The third-order valence-corrected chi connectivity index (χ3v) is 1.92.